The van der Waals surface area contributed by atoms with E-state index in [1.165, 1.54) is 12.1 Å². The van der Waals surface area contributed by atoms with Gasteiger partial charge in [0, 0.05) is 24.0 Å². The summed E-state index contributed by atoms with van der Waals surface area (Å²) in [5.74, 6) is 0.307. The molecule has 0 aliphatic heterocycles. The van der Waals surface area contributed by atoms with Crippen molar-refractivity contribution in [3.63, 3.8) is 0 Å². The molecule has 0 amide bonds. The Labute approximate surface area is 201 Å². The molecule has 2 unspecified atom stereocenters. The zero-order chi connectivity index (χ0) is 25.0. The van der Waals surface area contributed by atoms with E-state index in [9.17, 15) is 23.2 Å². The molecule has 0 saturated carbocycles. The summed E-state index contributed by atoms with van der Waals surface area (Å²) in [6, 6.07) is 7.66. The molecule has 3 N–H and O–H groups in total. The van der Waals surface area contributed by atoms with Crippen LogP contribution in [0.5, 0.6) is 11.5 Å². The van der Waals surface area contributed by atoms with Crippen LogP contribution in [0.2, 0.25) is 0 Å². The van der Waals surface area contributed by atoms with Crippen LogP contribution in [0, 0.1) is 0 Å². The monoisotopic (exact) mass is 500 g/mol. The van der Waals surface area contributed by atoms with Gasteiger partial charge < -0.3 is 29.2 Å². The number of rotatable bonds is 17. The van der Waals surface area contributed by atoms with Gasteiger partial charge in [0.05, 0.1) is 13.2 Å². The Balaban J connectivity index is 2.17. The molecule has 0 radical (unpaired) electrons. The van der Waals surface area contributed by atoms with E-state index in [1.54, 1.807) is 18.2 Å². The van der Waals surface area contributed by atoms with Gasteiger partial charge in [0.1, 0.15) is 41.8 Å². The second kappa shape index (κ2) is 14.4. The van der Waals surface area contributed by atoms with E-state index in [0.717, 1.165) is 25.7 Å². The lowest BCUT2D eigenvalue weighted by molar-refractivity contribution is 0.0109. The van der Waals surface area contributed by atoms with Gasteiger partial charge in [-0.1, -0.05) is 38.8 Å². The van der Waals surface area contributed by atoms with Gasteiger partial charge in [0.2, 0.25) is 0 Å². The molecule has 0 heterocycles. The molecule has 2 atom stereocenters. The summed E-state index contributed by atoms with van der Waals surface area (Å²) in [5.41, 5.74) is 0. The largest absolute Gasteiger partial charge is 0.490 e. The molecule has 2 aromatic rings. The molecule has 2 aromatic carbocycles. The van der Waals surface area contributed by atoms with Crippen LogP contribution in [0.1, 0.15) is 39.5 Å². The molecule has 192 valence electrons. The summed E-state index contributed by atoms with van der Waals surface area (Å²) in [6.07, 6.45) is 1.93. The fourth-order valence-corrected chi connectivity index (χ4v) is 3.80. The molecule has 0 saturated heterocycles. The minimum atomic E-state index is -4.59. The van der Waals surface area contributed by atoms with Gasteiger partial charge in [0.25, 0.3) is 10.1 Å². The first-order chi connectivity index (χ1) is 16.3. The number of fused-ring (bicyclic) bond motifs is 1. The highest BCUT2D eigenvalue weighted by Crippen LogP contribution is 2.37. The van der Waals surface area contributed by atoms with Crippen molar-refractivity contribution in [2.45, 2.75) is 56.6 Å². The Morgan fingerprint density at radius 2 is 1.38 bits per heavy atom. The molecular weight excluding hydrogens is 464 g/mol. The highest BCUT2D eigenvalue weighted by atomic mass is 32.2. The smallest absolute Gasteiger partial charge is 0.298 e. The third kappa shape index (κ3) is 9.01. The van der Waals surface area contributed by atoms with Crippen LogP contribution >= 0.6 is 0 Å². The van der Waals surface area contributed by atoms with E-state index >= 15 is 0 Å². The fraction of sp³-hybridized carbons (Fsp3) is 0.583. The van der Waals surface area contributed by atoms with Crippen LogP contribution in [0.3, 0.4) is 0 Å². The van der Waals surface area contributed by atoms with Crippen LogP contribution in [0.4, 0.5) is 0 Å². The second-order valence-corrected chi connectivity index (χ2v) is 9.40. The fourth-order valence-electron chi connectivity index (χ4n) is 3.15. The Bertz CT molecular complexity index is 978. The predicted molar refractivity (Wildman–Crippen MR) is 128 cm³/mol. The van der Waals surface area contributed by atoms with Crippen molar-refractivity contribution in [3.05, 3.63) is 30.3 Å². The summed E-state index contributed by atoms with van der Waals surface area (Å²) in [4.78, 5) is -0.416. The van der Waals surface area contributed by atoms with Crippen molar-refractivity contribution in [3.8, 4) is 11.5 Å². The summed E-state index contributed by atoms with van der Waals surface area (Å²) in [7, 11) is -4.59. The lowest BCUT2D eigenvalue weighted by Gasteiger charge is -2.18. The third-order valence-electron chi connectivity index (χ3n) is 4.97. The Morgan fingerprint density at radius 1 is 0.794 bits per heavy atom. The van der Waals surface area contributed by atoms with E-state index in [-0.39, 0.29) is 32.2 Å². The number of unbranched alkanes of at least 4 members (excludes halogenated alkanes) is 2. The SMILES string of the molecule is CCCCOCC(O)COc1cccc2c(OCC(O)COCCCC)c(S(=O)(=O)O)ccc12. The number of hydrogen-bond acceptors (Lipinski definition) is 8. The number of aliphatic hydroxyl groups excluding tert-OH is 2. The summed E-state index contributed by atoms with van der Waals surface area (Å²) in [5, 5.41) is 21.2. The molecule has 0 fully saturated rings. The number of hydrogen-bond donors (Lipinski definition) is 3. The van der Waals surface area contributed by atoms with Crippen molar-refractivity contribution in [2.24, 2.45) is 0 Å². The highest BCUT2D eigenvalue weighted by molar-refractivity contribution is 7.86. The normalized spacial score (nSPS) is 13.7. The van der Waals surface area contributed by atoms with Crippen LogP contribution in [-0.2, 0) is 19.6 Å². The maximum Gasteiger partial charge on any atom is 0.298 e. The highest BCUT2D eigenvalue weighted by Gasteiger charge is 2.22. The van der Waals surface area contributed by atoms with E-state index < -0.39 is 27.2 Å². The van der Waals surface area contributed by atoms with Gasteiger partial charge >= 0.3 is 0 Å². The number of benzene rings is 2. The molecule has 0 aliphatic rings. The average Bonchev–Trinajstić information content (AvgIpc) is 2.80. The van der Waals surface area contributed by atoms with Crippen molar-refractivity contribution in [2.75, 3.05) is 39.6 Å². The third-order valence-corrected chi connectivity index (χ3v) is 5.85. The molecule has 2 rings (SSSR count). The van der Waals surface area contributed by atoms with Gasteiger partial charge in [-0.2, -0.15) is 8.42 Å². The minimum Gasteiger partial charge on any atom is -0.490 e. The minimum absolute atomic E-state index is 0.0186. The molecule has 34 heavy (non-hydrogen) atoms. The Kier molecular flexibility index (Phi) is 12.0. The zero-order valence-corrected chi connectivity index (χ0v) is 20.6. The first-order valence-corrected chi connectivity index (χ1v) is 13.0. The lowest BCUT2D eigenvalue weighted by Crippen LogP contribution is -2.24. The molecule has 0 aromatic heterocycles. The second-order valence-electron chi connectivity index (χ2n) is 8.01. The van der Waals surface area contributed by atoms with Gasteiger partial charge in [-0.3, -0.25) is 4.55 Å². The lowest BCUT2D eigenvalue weighted by atomic mass is 10.1. The first-order valence-electron chi connectivity index (χ1n) is 11.6. The van der Waals surface area contributed by atoms with Crippen molar-refractivity contribution >= 4 is 20.9 Å². The van der Waals surface area contributed by atoms with Crippen LogP contribution in [0.25, 0.3) is 10.8 Å². The van der Waals surface area contributed by atoms with E-state index in [0.29, 0.717) is 29.7 Å². The van der Waals surface area contributed by atoms with Crippen molar-refractivity contribution < 1.29 is 42.1 Å². The van der Waals surface area contributed by atoms with E-state index in [2.05, 4.69) is 6.92 Å². The quantitative estimate of drug-likeness (QED) is 0.221. The van der Waals surface area contributed by atoms with Crippen LogP contribution in [-0.4, -0.2) is 75.0 Å². The van der Waals surface area contributed by atoms with Crippen LogP contribution < -0.4 is 9.47 Å². The van der Waals surface area contributed by atoms with Crippen molar-refractivity contribution in [1.29, 1.82) is 0 Å². The Hall–Kier alpha value is -1.95. The summed E-state index contributed by atoms with van der Waals surface area (Å²) < 4.78 is 55.8. The molecular formula is C24H36O9S. The Morgan fingerprint density at radius 3 is 1.94 bits per heavy atom. The zero-order valence-electron chi connectivity index (χ0n) is 19.8. The van der Waals surface area contributed by atoms with E-state index in [1.807, 2.05) is 6.92 Å². The van der Waals surface area contributed by atoms with Crippen LogP contribution in [0.15, 0.2) is 35.2 Å². The van der Waals surface area contributed by atoms with Gasteiger partial charge in [0.15, 0.2) is 0 Å². The maximum absolute atomic E-state index is 11.9. The predicted octanol–water partition coefficient (Wildman–Crippen LogP) is 3.20. The standard InChI is InChI=1S/C24H36O9S/c1-3-5-12-30-14-18(25)16-32-22-9-7-8-21-20(22)10-11-23(34(27,28)29)24(21)33-17-19(26)15-31-13-6-4-2/h7-11,18-19,25-26H,3-6,12-17H2,1-2H3,(H,27,28,29). The number of ether oxygens (including phenoxy) is 4. The molecule has 0 aliphatic carbocycles. The van der Waals surface area contributed by atoms with Crippen molar-refractivity contribution in [1.82, 2.24) is 0 Å². The molecule has 0 spiro atoms. The molecule has 9 nitrogen and oxygen atoms in total. The summed E-state index contributed by atoms with van der Waals surface area (Å²) in [6.45, 7) is 5.09. The first kappa shape index (κ1) is 28.3. The summed E-state index contributed by atoms with van der Waals surface area (Å²) >= 11 is 0. The topological polar surface area (TPSA) is 132 Å². The molecule has 0 bridgehead atoms. The van der Waals surface area contributed by atoms with E-state index in [4.69, 9.17) is 18.9 Å². The average molecular weight is 501 g/mol. The molecule has 10 heteroatoms. The van der Waals surface area contributed by atoms with Gasteiger partial charge in [-0.25, -0.2) is 0 Å². The maximum atomic E-state index is 11.9. The van der Waals surface area contributed by atoms with Gasteiger partial charge in [-0.15, -0.1) is 0 Å². The van der Waals surface area contributed by atoms with Gasteiger partial charge in [-0.05, 0) is 31.0 Å². The number of aliphatic hydroxyl groups is 2.